The standard InChI is InChI=1S/C22H29N3O3S/c26-29(27,22-7-4-12-23-17-22)24-13-8-20(9-14-24)25(21-10-15-28-16-11-21)18-19-5-2-1-3-6-19/h1-7,12,17,20-21H,8-11,13-16,18H2. The van der Waals surface area contributed by atoms with Crippen LogP contribution in [0.15, 0.2) is 59.8 Å². The SMILES string of the molecule is O=S(=O)(c1cccnc1)N1CCC(N(Cc2ccccc2)C2CCOCC2)CC1. The van der Waals surface area contributed by atoms with Crippen molar-refractivity contribution in [1.82, 2.24) is 14.2 Å². The zero-order valence-electron chi connectivity index (χ0n) is 16.7. The van der Waals surface area contributed by atoms with Crippen LogP contribution in [0.25, 0.3) is 0 Å². The Kier molecular flexibility index (Phi) is 6.60. The molecule has 0 unspecified atom stereocenters. The second-order valence-corrected chi connectivity index (χ2v) is 9.76. The highest BCUT2D eigenvalue weighted by Gasteiger charge is 2.34. The molecule has 0 atom stereocenters. The van der Waals surface area contributed by atoms with Crippen LogP contribution in [0.3, 0.4) is 0 Å². The molecular formula is C22H29N3O3S. The molecule has 2 fully saturated rings. The van der Waals surface area contributed by atoms with Crippen molar-refractivity contribution in [2.45, 2.75) is 49.2 Å². The zero-order valence-corrected chi connectivity index (χ0v) is 17.5. The second kappa shape index (κ2) is 9.34. The predicted octanol–water partition coefficient (Wildman–Crippen LogP) is 2.92. The molecule has 0 bridgehead atoms. The first-order valence-corrected chi connectivity index (χ1v) is 11.9. The van der Waals surface area contributed by atoms with E-state index in [1.54, 1.807) is 22.6 Å². The molecular weight excluding hydrogens is 386 g/mol. The Morgan fingerprint density at radius 3 is 2.31 bits per heavy atom. The van der Waals surface area contributed by atoms with Gasteiger partial charge in [-0.05, 0) is 43.4 Å². The molecule has 6 nitrogen and oxygen atoms in total. The van der Waals surface area contributed by atoms with Gasteiger partial charge in [0.2, 0.25) is 10.0 Å². The van der Waals surface area contributed by atoms with Crippen LogP contribution in [-0.4, -0.2) is 61.0 Å². The Bertz CT molecular complexity index is 863. The smallest absolute Gasteiger partial charge is 0.244 e. The molecule has 29 heavy (non-hydrogen) atoms. The minimum absolute atomic E-state index is 0.282. The van der Waals surface area contributed by atoms with Crippen molar-refractivity contribution in [2.24, 2.45) is 0 Å². The number of piperidine rings is 1. The first-order chi connectivity index (χ1) is 14.1. The Hall–Kier alpha value is -1.80. The number of pyridine rings is 1. The van der Waals surface area contributed by atoms with Gasteiger partial charge in [0.1, 0.15) is 4.90 Å². The van der Waals surface area contributed by atoms with Crippen LogP contribution >= 0.6 is 0 Å². The van der Waals surface area contributed by atoms with Crippen LogP contribution < -0.4 is 0 Å². The van der Waals surface area contributed by atoms with Crippen molar-refractivity contribution in [3.63, 3.8) is 0 Å². The van der Waals surface area contributed by atoms with Gasteiger partial charge >= 0.3 is 0 Å². The fourth-order valence-electron chi connectivity index (χ4n) is 4.43. The van der Waals surface area contributed by atoms with Gasteiger partial charge in [-0.3, -0.25) is 9.88 Å². The highest BCUT2D eigenvalue weighted by atomic mass is 32.2. The van der Waals surface area contributed by atoms with E-state index in [4.69, 9.17) is 4.74 Å². The van der Waals surface area contributed by atoms with Crippen LogP contribution in [0.1, 0.15) is 31.2 Å². The van der Waals surface area contributed by atoms with E-state index in [1.165, 1.54) is 11.8 Å². The van der Waals surface area contributed by atoms with E-state index in [2.05, 4.69) is 34.1 Å². The molecule has 156 valence electrons. The number of ether oxygens (including phenoxy) is 1. The number of aromatic nitrogens is 1. The van der Waals surface area contributed by atoms with Crippen LogP contribution in [0.2, 0.25) is 0 Å². The Morgan fingerprint density at radius 1 is 0.966 bits per heavy atom. The molecule has 4 rings (SSSR count). The van der Waals surface area contributed by atoms with Gasteiger partial charge < -0.3 is 4.74 Å². The summed E-state index contributed by atoms with van der Waals surface area (Å²) >= 11 is 0. The summed E-state index contributed by atoms with van der Waals surface area (Å²) in [6.07, 6.45) is 6.82. The summed E-state index contributed by atoms with van der Waals surface area (Å²) in [6.45, 7) is 3.63. The van der Waals surface area contributed by atoms with E-state index in [0.29, 0.717) is 25.2 Å². The van der Waals surface area contributed by atoms with Crippen molar-refractivity contribution in [2.75, 3.05) is 26.3 Å². The normalized spacial score (nSPS) is 20.2. The average molecular weight is 416 g/mol. The van der Waals surface area contributed by atoms with Gasteiger partial charge in [-0.2, -0.15) is 4.31 Å². The summed E-state index contributed by atoms with van der Waals surface area (Å²) < 4.78 is 33.0. The monoisotopic (exact) mass is 415 g/mol. The van der Waals surface area contributed by atoms with Crippen LogP contribution in [-0.2, 0) is 21.3 Å². The topological polar surface area (TPSA) is 62.7 Å². The maximum Gasteiger partial charge on any atom is 0.244 e. The maximum atomic E-state index is 12.9. The Morgan fingerprint density at radius 2 is 1.66 bits per heavy atom. The van der Waals surface area contributed by atoms with Crippen molar-refractivity contribution < 1.29 is 13.2 Å². The summed E-state index contributed by atoms with van der Waals surface area (Å²) in [5.41, 5.74) is 1.31. The molecule has 0 N–H and O–H groups in total. The number of sulfonamides is 1. The number of rotatable bonds is 6. The van der Waals surface area contributed by atoms with Crippen LogP contribution in [0.4, 0.5) is 0 Å². The summed E-state index contributed by atoms with van der Waals surface area (Å²) in [5, 5.41) is 0. The van der Waals surface area contributed by atoms with E-state index in [0.717, 1.165) is 45.4 Å². The molecule has 2 aliphatic rings. The molecule has 7 heteroatoms. The third-order valence-electron chi connectivity index (χ3n) is 6.03. The highest BCUT2D eigenvalue weighted by Crippen LogP contribution is 2.28. The van der Waals surface area contributed by atoms with E-state index in [1.807, 2.05) is 6.07 Å². The van der Waals surface area contributed by atoms with Gasteiger partial charge in [-0.1, -0.05) is 30.3 Å². The van der Waals surface area contributed by atoms with Gasteiger partial charge in [0.15, 0.2) is 0 Å². The lowest BCUT2D eigenvalue weighted by molar-refractivity contribution is 0.00254. The number of hydrogen-bond acceptors (Lipinski definition) is 5. The third kappa shape index (κ3) is 4.86. The fourth-order valence-corrected chi connectivity index (χ4v) is 5.86. The first-order valence-electron chi connectivity index (χ1n) is 10.4. The lowest BCUT2D eigenvalue weighted by Crippen LogP contribution is -2.51. The fraction of sp³-hybridized carbons (Fsp3) is 0.500. The second-order valence-electron chi connectivity index (χ2n) is 7.83. The van der Waals surface area contributed by atoms with E-state index >= 15 is 0 Å². The lowest BCUT2D eigenvalue weighted by atomic mass is 9.97. The minimum Gasteiger partial charge on any atom is -0.381 e. The van der Waals surface area contributed by atoms with Crippen LogP contribution in [0, 0.1) is 0 Å². The predicted molar refractivity (Wildman–Crippen MR) is 112 cm³/mol. The molecule has 2 aliphatic heterocycles. The Balaban J connectivity index is 1.46. The summed E-state index contributed by atoms with van der Waals surface area (Å²) in [5.74, 6) is 0. The van der Waals surface area contributed by atoms with E-state index in [9.17, 15) is 8.42 Å². The molecule has 0 spiro atoms. The van der Waals surface area contributed by atoms with Crippen molar-refractivity contribution >= 4 is 10.0 Å². The van der Waals surface area contributed by atoms with E-state index in [-0.39, 0.29) is 4.90 Å². The average Bonchev–Trinajstić information content (AvgIpc) is 2.79. The van der Waals surface area contributed by atoms with Gasteiger partial charge in [-0.25, -0.2) is 8.42 Å². The molecule has 0 radical (unpaired) electrons. The molecule has 3 heterocycles. The Labute approximate surface area is 173 Å². The molecule has 0 aliphatic carbocycles. The van der Waals surface area contributed by atoms with Crippen LogP contribution in [0.5, 0.6) is 0 Å². The third-order valence-corrected chi connectivity index (χ3v) is 7.91. The van der Waals surface area contributed by atoms with Gasteiger partial charge in [-0.15, -0.1) is 0 Å². The molecule has 0 saturated carbocycles. The highest BCUT2D eigenvalue weighted by molar-refractivity contribution is 7.89. The van der Waals surface area contributed by atoms with E-state index < -0.39 is 10.0 Å². The first kappa shape index (κ1) is 20.5. The molecule has 1 aromatic carbocycles. The van der Waals surface area contributed by atoms with Crippen molar-refractivity contribution in [3.8, 4) is 0 Å². The molecule has 2 saturated heterocycles. The quantitative estimate of drug-likeness (QED) is 0.726. The van der Waals surface area contributed by atoms with Gasteiger partial charge in [0.25, 0.3) is 0 Å². The maximum absolute atomic E-state index is 12.9. The van der Waals surface area contributed by atoms with Gasteiger partial charge in [0, 0.05) is 57.3 Å². The number of nitrogens with zero attached hydrogens (tertiary/aromatic N) is 3. The number of hydrogen-bond donors (Lipinski definition) is 0. The largest absolute Gasteiger partial charge is 0.381 e. The minimum atomic E-state index is -3.46. The lowest BCUT2D eigenvalue weighted by Gasteiger charge is -2.43. The summed E-state index contributed by atoms with van der Waals surface area (Å²) in [4.78, 5) is 6.86. The van der Waals surface area contributed by atoms with Crippen molar-refractivity contribution in [3.05, 3.63) is 60.4 Å². The van der Waals surface area contributed by atoms with Gasteiger partial charge in [0.05, 0.1) is 0 Å². The van der Waals surface area contributed by atoms with Crippen molar-refractivity contribution in [1.29, 1.82) is 0 Å². The molecule has 2 aromatic rings. The summed E-state index contributed by atoms with van der Waals surface area (Å²) in [7, 11) is -3.46. The number of benzene rings is 1. The molecule has 0 amide bonds. The summed E-state index contributed by atoms with van der Waals surface area (Å²) in [6, 6.07) is 14.7. The zero-order chi connectivity index (χ0) is 20.1. The molecule has 1 aromatic heterocycles.